The van der Waals surface area contributed by atoms with Crippen molar-refractivity contribution in [3.63, 3.8) is 0 Å². The molecule has 0 saturated heterocycles. The first-order valence-corrected chi connectivity index (χ1v) is 12.8. The van der Waals surface area contributed by atoms with Crippen molar-refractivity contribution in [2.75, 3.05) is 32.8 Å². The molecule has 0 spiro atoms. The van der Waals surface area contributed by atoms with Gasteiger partial charge in [0.15, 0.2) is 5.75 Å². The van der Waals surface area contributed by atoms with Crippen LogP contribution in [-0.4, -0.2) is 63.5 Å². The summed E-state index contributed by atoms with van der Waals surface area (Å²) in [5.41, 5.74) is 0.621. The zero-order valence-electron chi connectivity index (χ0n) is 23.7. The average Bonchev–Trinajstić information content (AvgIpc) is 3.07. The molecule has 41 heavy (non-hydrogen) atoms. The number of carbonyl (C=O) groups is 4. The lowest BCUT2D eigenvalue weighted by molar-refractivity contribution is -0.121. The third-order valence-corrected chi connectivity index (χ3v) is 6.39. The van der Waals surface area contributed by atoms with E-state index in [2.05, 4.69) is 5.32 Å². The fourth-order valence-corrected chi connectivity index (χ4v) is 4.55. The van der Waals surface area contributed by atoms with Crippen LogP contribution in [0.25, 0.3) is 10.8 Å². The molecule has 3 aromatic rings. The van der Waals surface area contributed by atoms with Gasteiger partial charge in [0, 0.05) is 5.56 Å². The standard InChI is InChI=1S/C30H32N2O9/c1-30(2,3)41-29(36)31-22-16-40-25-20(28(35)39-6)8-7-9-23(25)32(26(22)33)15-21-19-12-10-18(27(34)38-5)14-17(19)11-13-24(21)37-4/h7-14,22H,15-16H2,1-6H3,(H,31,36)/t22-/m0/s1. The minimum Gasteiger partial charge on any atom is -0.496 e. The molecule has 0 aromatic heterocycles. The molecule has 0 fully saturated rings. The summed E-state index contributed by atoms with van der Waals surface area (Å²) in [5, 5.41) is 4.03. The summed E-state index contributed by atoms with van der Waals surface area (Å²) >= 11 is 0. The molecule has 0 saturated carbocycles. The second kappa shape index (κ2) is 11.7. The molecule has 2 amide bonds. The van der Waals surface area contributed by atoms with Crippen LogP contribution < -0.4 is 19.7 Å². The van der Waals surface area contributed by atoms with Crippen molar-refractivity contribution in [1.82, 2.24) is 5.32 Å². The Labute approximate surface area is 237 Å². The van der Waals surface area contributed by atoms with Gasteiger partial charge in [-0.2, -0.15) is 0 Å². The van der Waals surface area contributed by atoms with Crippen LogP contribution in [0.15, 0.2) is 48.5 Å². The van der Waals surface area contributed by atoms with E-state index in [0.717, 1.165) is 5.39 Å². The first-order valence-electron chi connectivity index (χ1n) is 12.8. The number of esters is 2. The van der Waals surface area contributed by atoms with E-state index in [1.165, 1.54) is 32.3 Å². The highest BCUT2D eigenvalue weighted by Gasteiger charge is 2.36. The molecule has 0 radical (unpaired) electrons. The lowest BCUT2D eigenvalue weighted by Crippen LogP contribution is -2.51. The average molecular weight is 565 g/mol. The van der Waals surface area contributed by atoms with Gasteiger partial charge in [0.05, 0.1) is 39.1 Å². The van der Waals surface area contributed by atoms with Gasteiger partial charge < -0.3 is 33.9 Å². The normalized spacial score (nSPS) is 14.8. The highest BCUT2D eigenvalue weighted by Crippen LogP contribution is 2.38. The van der Waals surface area contributed by atoms with Gasteiger partial charge in [-0.3, -0.25) is 4.79 Å². The Balaban J connectivity index is 1.84. The van der Waals surface area contributed by atoms with Crippen LogP contribution in [0, 0.1) is 0 Å². The molecule has 1 atom stereocenters. The van der Waals surface area contributed by atoms with Gasteiger partial charge in [0.1, 0.15) is 29.6 Å². The molecule has 1 heterocycles. The number of nitrogens with zero attached hydrogens (tertiary/aromatic N) is 1. The Morgan fingerprint density at radius 3 is 2.39 bits per heavy atom. The summed E-state index contributed by atoms with van der Waals surface area (Å²) < 4.78 is 26.8. The van der Waals surface area contributed by atoms with E-state index in [4.69, 9.17) is 23.7 Å². The second-order valence-corrected chi connectivity index (χ2v) is 10.3. The molecule has 1 N–H and O–H groups in total. The molecule has 1 aliphatic heterocycles. The lowest BCUT2D eigenvalue weighted by Gasteiger charge is -2.27. The number of fused-ring (bicyclic) bond motifs is 2. The topological polar surface area (TPSA) is 130 Å². The molecule has 4 rings (SSSR count). The van der Waals surface area contributed by atoms with Crippen LogP contribution >= 0.6 is 0 Å². The Morgan fingerprint density at radius 1 is 1.00 bits per heavy atom. The maximum atomic E-state index is 14.0. The molecule has 0 aliphatic carbocycles. The number of carbonyl (C=O) groups excluding carboxylic acids is 4. The van der Waals surface area contributed by atoms with Gasteiger partial charge in [0.25, 0.3) is 5.91 Å². The number of hydrogen-bond acceptors (Lipinski definition) is 9. The quantitative estimate of drug-likeness (QED) is 0.345. The van der Waals surface area contributed by atoms with Gasteiger partial charge in [-0.15, -0.1) is 0 Å². The van der Waals surface area contributed by atoms with Crippen LogP contribution in [0.5, 0.6) is 11.5 Å². The molecule has 1 aliphatic rings. The van der Waals surface area contributed by atoms with E-state index in [0.29, 0.717) is 28.0 Å². The van der Waals surface area contributed by atoms with Crippen LogP contribution in [0.3, 0.4) is 0 Å². The number of nitrogens with one attached hydrogen (secondary N) is 1. The second-order valence-electron chi connectivity index (χ2n) is 10.3. The zero-order chi connectivity index (χ0) is 29.9. The van der Waals surface area contributed by atoms with Crippen LogP contribution in [0.4, 0.5) is 10.5 Å². The van der Waals surface area contributed by atoms with E-state index in [1.807, 2.05) is 0 Å². The minimum absolute atomic E-state index is 0.0234. The Hall–Kier alpha value is -4.80. The Bertz CT molecular complexity index is 1510. The smallest absolute Gasteiger partial charge is 0.408 e. The summed E-state index contributed by atoms with van der Waals surface area (Å²) in [6.07, 6.45) is -0.795. The number of para-hydroxylation sites is 1. The van der Waals surface area contributed by atoms with Crippen LogP contribution in [0.2, 0.25) is 0 Å². The number of alkyl carbamates (subject to hydrolysis) is 1. The summed E-state index contributed by atoms with van der Waals surface area (Å²) in [6.45, 7) is 4.85. The van der Waals surface area contributed by atoms with Crippen molar-refractivity contribution < 1.29 is 42.9 Å². The van der Waals surface area contributed by atoms with Gasteiger partial charge in [0.2, 0.25) is 0 Å². The maximum Gasteiger partial charge on any atom is 0.408 e. The predicted octanol–water partition coefficient (Wildman–Crippen LogP) is 4.24. The highest BCUT2D eigenvalue weighted by molar-refractivity contribution is 6.04. The number of anilines is 1. The SMILES string of the molecule is COC(=O)c1ccc2c(CN3C(=O)[C@@H](NC(=O)OC(C)(C)C)COc4c(C(=O)OC)cccc43)c(OC)ccc2c1. The molecule has 11 heteroatoms. The molecule has 216 valence electrons. The summed E-state index contributed by atoms with van der Waals surface area (Å²) in [7, 11) is 4.07. The zero-order valence-corrected chi connectivity index (χ0v) is 23.7. The summed E-state index contributed by atoms with van der Waals surface area (Å²) in [5.74, 6) is -1.01. The van der Waals surface area contributed by atoms with E-state index in [1.54, 1.807) is 63.2 Å². The summed E-state index contributed by atoms with van der Waals surface area (Å²) in [6, 6.07) is 12.2. The van der Waals surface area contributed by atoms with Crippen LogP contribution in [-0.2, 0) is 25.5 Å². The maximum absolute atomic E-state index is 14.0. The van der Waals surface area contributed by atoms with Crippen LogP contribution in [0.1, 0.15) is 47.1 Å². The molecule has 3 aromatic carbocycles. The number of methoxy groups -OCH3 is 3. The fraction of sp³-hybridized carbons (Fsp3) is 0.333. The van der Waals surface area contributed by atoms with E-state index in [-0.39, 0.29) is 24.5 Å². The van der Waals surface area contributed by atoms with Crippen molar-refractivity contribution in [3.8, 4) is 11.5 Å². The van der Waals surface area contributed by atoms with E-state index < -0.39 is 35.6 Å². The largest absolute Gasteiger partial charge is 0.496 e. The van der Waals surface area contributed by atoms with Gasteiger partial charge in [-0.25, -0.2) is 14.4 Å². The molecule has 0 unspecified atom stereocenters. The van der Waals surface area contributed by atoms with Crippen molar-refractivity contribution >= 4 is 40.4 Å². The van der Waals surface area contributed by atoms with Crippen molar-refractivity contribution in [2.24, 2.45) is 0 Å². The first-order chi connectivity index (χ1) is 19.5. The lowest BCUT2D eigenvalue weighted by atomic mass is 10.00. The van der Waals surface area contributed by atoms with Gasteiger partial charge in [-0.05, 0) is 61.9 Å². The number of amides is 2. The van der Waals surface area contributed by atoms with Crippen molar-refractivity contribution in [1.29, 1.82) is 0 Å². The fourth-order valence-electron chi connectivity index (χ4n) is 4.55. The van der Waals surface area contributed by atoms with Gasteiger partial charge in [-0.1, -0.05) is 18.2 Å². The number of rotatable bonds is 6. The first kappa shape index (κ1) is 29.2. The Morgan fingerprint density at radius 2 is 1.73 bits per heavy atom. The van der Waals surface area contributed by atoms with Crippen molar-refractivity contribution in [2.45, 2.75) is 39.0 Å². The molecular weight excluding hydrogens is 532 g/mol. The number of benzene rings is 3. The number of ether oxygens (including phenoxy) is 5. The predicted molar refractivity (Wildman–Crippen MR) is 149 cm³/mol. The number of hydrogen-bond donors (Lipinski definition) is 1. The van der Waals surface area contributed by atoms with E-state index >= 15 is 0 Å². The Kier molecular flexibility index (Phi) is 8.36. The summed E-state index contributed by atoms with van der Waals surface area (Å²) in [4.78, 5) is 52.8. The monoisotopic (exact) mass is 564 g/mol. The highest BCUT2D eigenvalue weighted by atomic mass is 16.6. The third kappa shape index (κ3) is 6.19. The molecule has 11 nitrogen and oxygen atoms in total. The minimum atomic E-state index is -1.14. The third-order valence-electron chi connectivity index (χ3n) is 6.39. The van der Waals surface area contributed by atoms with Gasteiger partial charge >= 0.3 is 18.0 Å². The molecule has 0 bridgehead atoms. The van der Waals surface area contributed by atoms with Crippen molar-refractivity contribution in [3.05, 3.63) is 65.2 Å². The molecular formula is C30H32N2O9. The van der Waals surface area contributed by atoms with E-state index in [9.17, 15) is 19.2 Å².